The van der Waals surface area contributed by atoms with Crippen LogP contribution in [0.3, 0.4) is 0 Å². The van der Waals surface area contributed by atoms with E-state index in [4.69, 9.17) is 0 Å². The molecule has 2 heterocycles. The molecule has 0 saturated carbocycles. The van der Waals surface area contributed by atoms with Gasteiger partial charge in [-0.3, -0.25) is 24.5 Å². The molecule has 0 aromatic carbocycles. The molecule has 1 unspecified atom stereocenters. The SMILES string of the molecule is C=CC(=O)OC1CC(=O)NC1=O.C=CC(=O)ON1C(=O)CCC1=O. The summed E-state index contributed by atoms with van der Waals surface area (Å²) in [6.07, 6.45) is 0.947. The van der Waals surface area contributed by atoms with Crippen molar-refractivity contribution in [3.8, 4) is 0 Å². The number of hydrogen-bond acceptors (Lipinski definition) is 8. The number of carbonyl (C=O) groups is 6. The highest BCUT2D eigenvalue weighted by atomic mass is 16.7. The summed E-state index contributed by atoms with van der Waals surface area (Å²) < 4.78 is 4.55. The number of imide groups is 2. The summed E-state index contributed by atoms with van der Waals surface area (Å²) in [4.78, 5) is 68.6. The van der Waals surface area contributed by atoms with Crippen LogP contribution in [0.5, 0.6) is 0 Å². The first-order chi connectivity index (χ1) is 11.3. The summed E-state index contributed by atoms with van der Waals surface area (Å²) in [5.41, 5.74) is 0. The second-order valence-electron chi connectivity index (χ2n) is 4.44. The summed E-state index contributed by atoms with van der Waals surface area (Å²) in [5, 5.41) is 2.48. The van der Waals surface area contributed by atoms with E-state index in [0.29, 0.717) is 5.06 Å². The van der Waals surface area contributed by atoms with Gasteiger partial charge in [-0.25, -0.2) is 9.59 Å². The van der Waals surface area contributed by atoms with Gasteiger partial charge in [0.1, 0.15) is 0 Å². The van der Waals surface area contributed by atoms with E-state index in [0.717, 1.165) is 12.2 Å². The van der Waals surface area contributed by atoms with Crippen LogP contribution in [0.25, 0.3) is 0 Å². The molecule has 2 rings (SSSR count). The Balaban J connectivity index is 0.000000240. The molecular formula is C14H14N2O8. The van der Waals surface area contributed by atoms with Crippen LogP contribution in [-0.2, 0) is 38.3 Å². The van der Waals surface area contributed by atoms with E-state index in [1.807, 2.05) is 5.32 Å². The zero-order valence-electron chi connectivity index (χ0n) is 12.5. The molecule has 24 heavy (non-hydrogen) atoms. The Kier molecular flexibility index (Phi) is 6.53. The lowest BCUT2D eigenvalue weighted by Gasteiger charge is -2.09. The summed E-state index contributed by atoms with van der Waals surface area (Å²) >= 11 is 0. The molecule has 0 aromatic heterocycles. The van der Waals surface area contributed by atoms with Gasteiger partial charge < -0.3 is 9.57 Å². The second-order valence-corrected chi connectivity index (χ2v) is 4.44. The molecular weight excluding hydrogens is 324 g/mol. The van der Waals surface area contributed by atoms with E-state index in [2.05, 4.69) is 22.7 Å². The molecule has 0 aliphatic carbocycles. The maximum Gasteiger partial charge on any atom is 0.356 e. The topological polar surface area (TPSA) is 136 Å². The van der Waals surface area contributed by atoms with Crippen molar-refractivity contribution in [1.82, 2.24) is 10.4 Å². The van der Waals surface area contributed by atoms with Crippen LogP contribution in [0.4, 0.5) is 0 Å². The van der Waals surface area contributed by atoms with Crippen molar-refractivity contribution in [2.75, 3.05) is 0 Å². The number of nitrogens with one attached hydrogen (secondary N) is 1. The first-order valence-corrected chi connectivity index (χ1v) is 6.65. The van der Waals surface area contributed by atoms with E-state index in [1.54, 1.807) is 0 Å². The Labute approximate surface area is 136 Å². The van der Waals surface area contributed by atoms with Crippen LogP contribution < -0.4 is 5.32 Å². The largest absolute Gasteiger partial charge is 0.449 e. The van der Waals surface area contributed by atoms with Gasteiger partial charge in [0.25, 0.3) is 17.7 Å². The molecule has 4 amide bonds. The third-order valence-corrected chi connectivity index (χ3v) is 2.70. The molecule has 10 heteroatoms. The fraction of sp³-hybridized carbons (Fsp3) is 0.286. The van der Waals surface area contributed by atoms with E-state index < -0.39 is 41.7 Å². The highest BCUT2D eigenvalue weighted by molar-refractivity contribution is 6.06. The van der Waals surface area contributed by atoms with E-state index in [9.17, 15) is 28.8 Å². The molecule has 1 atom stereocenters. The Bertz CT molecular complexity index is 606. The number of ether oxygens (including phenoxy) is 1. The lowest BCUT2D eigenvalue weighted by molar-refractivity contribution is -0.193. The number of hydroxylamine groups is 2. The molecule has 2 fully saturated rings. The minimum atomic E-state index is -0.983. The lowest BCUT2D eigenvalue weighted by atomic mass is 10.3. The molecule has 0 bridgehead atoms. The van der Waals surface area contributed by atoms with Gasteiger partial charge in [0.15, 0.2) is 6.10 Å². The van der Waals surface area contributed by atoms with Crippen LogP contribution in [0, 0.1) is 0 Å². The molecule has 128 valence electrons. The minimum Gasteiger partial charge on any atom is -0.449 e. The van der Waals surface area contributed by atoms with Crippen molar-refractivity contribution in [3.63, 3.8) is 0 Å². The fourth-order valence-corrected chi connectivity index (χ4v) is 1.60. The number of rotatable bonds is 4. The van der Waals surface area contributed by atoms with Crippen LogP contribution >= 0.6 is 0 Å². The van der Waals surface area contributed by atoms with Crippen molar-refractivity contribution in [2.24, 2.45) is 0 Å². The summed E-state index contributed by atoms with van der Waals surface area (Å²) in [5.74, 6) is -3.49. The monoisotopic (exact) mass is 338 g/mol. The number of carbonyl (C=O) groups excluding carboxylic acids is 6. The van der Waals surface area contributed by atoms with Gasteiger partial charge in [0, 0.05) is 25.0 Å². The average Bonchev–Trinajstić information content (AvgIpc) is 3.02. The first kappa shape index (κ1) is 18.7. The number of nitrogens with zero attached hydrogens (tertiary/aromatic N) is 1. The summed E-state index contributed by atoms with van der Waals surface area (Å²) in [6.45, 7) is 6.28. The predicted molar refractivity (Wildman–Crippen MR) is 75.2 cm³/mol. The normalized spacial score (nSPS) is 19.2. The van der Waals surface area contributed by atoms with Crippen LogP contribution in [0.2, 0.25) is 0 Å². The third-order valence-electron chi connectivity index (χ3n) is 2.70. The Morgan fingerprint density at radius 3 is 2.00 bits per heavy atom. The predicted octanol–water partition coefficient (Wildman–Crippen LogP) is -1.09. The molecule has 2 aliphatic heterocycles. The standard InChI is InChI=1S/2C7H7NO4/c1-2-7(11)12-8-5(9)3-4-6(8)10;1-2-6(10)12-4-3-5(9)8-7(4)11/h2H,1,3-4H2;2,4H,1,3H2,(H,8,9,11). The minimum absolute atomic E-state index is 0.0988. The Morgan fingerprint density at radius 2 is 1.58 bits per heavy atom. The van der Waals surface area contributed by atoms with E-state index >= 15 is 0 Å². The highest BCUT2D eigenvalue weighted by Gasteiger charge is 2.33. The zero-order valence-corrected chi connectivity index (χ0v) is 12.5. The Hall–Kier alpha value is -3.30. The summed E-state index contributed by atoms with van der Waals surface area (Å²) in [6, 6.07) is 0. The van der Waals surface area contributed by atoms with Gasteiger partial charge in [0.2, 0.25) is 5.91 Å². The van der Waals surface area contributed by atoms with Crippen LogP contribution in [0.15, 0.2) is 25.3 Å². The van der Waals surface area contributed by atoms with Gasteiger partial charge >= 0.3 is 11.9 Å². The quantitative estimate of drug-likeness (QED) is 0.388. The van der Waals surface area contributed by atoms with Gasteiger partial charge in [-0.05, 0) is 0 Å². The first-order valence-electron chi connectivity index (χ1n) is 6.65. The zero-order chi connectivity index (χ0) is 18.3. The van der Waals surface area contributed by atoms with E-state index in [1.165, 1.54) is 0 Å². The van der Waals surface area contributed by atoms with Crippen molar-refractivity contribution in [2.45, 2.75) is 25.4 Å². The lowest BCUT2D eigenvalue weighted by Crippen LogP contribution is -2.31. The van der Waals surface area contributed by atoms with Crippen molar-refractivity contribution >= 4 is 35.6 Å². The molecule has 0 spiro atoms. The average molecular weight is 338 g/mol. The fourth-order valence-electron chi connectivity index (χ4n) is 1.60. The second kappa shape index (κ2) is 8.36. The number of amides is 4. The molecule has 1 N–H and O–H groups in total. The van der Waals surface area contributed by atoms with Gasteiger partial charge in [-0.1, -0.05) is 13.2 Å². The maximum absolute atomic E-state index is 10.8. The third kappa shape index (κ3) is 5.16. The molecule has 0 radical (unpaired) electrons. The Morgan fingerprint density at radius 1 is 1.04 bits per heavy atom. The number of hydrogen-bond donors (Lipinski definition) is 1. The molecule has 2 aliphatic rings. The smallest absolute Gasteiger partial charge is 0.356 e. The van der Waals surface area contributed by atoms with Crippen molar-refractivity contribution in [3.05, 3.63) is 25.3 Å². The van der Waals surface area contributed by atoms with Gasteiger partial charge in [-0.2, -0.15) is 0 Å². The summed E-state index contributed by atoms with van der Waals surface area (Å²) in [7, 11) is 0. The highest BCUT2D eigenvalue weighted by Crippen LogP contribution is 2.11. The van der Waals surface area contributed by atoms with Crippen LogP contribution in [0.1, 0.15) is 19.3 Å². The van der Waals surface area contributed by atoms with Gasteiger partial charge in [0.05, 0.1) is 6.42 Å². The maximum atomic E-state index is 10.8. The molecule has 10 nitrogen and oxygen atoms in total. The van der Waals surface area contributed by atoms with Gasteiger partial charge in [-0.15, -0.1) is 5.06 Å². The molecule has 0 aromatic rings. The van der Waals surface area contributed by atoms with E-state index in [-0.39, 0.29) is 19.3 Å². The van der Waals surface area contributed by atoms with Crippen molar-refractivity contribution in [1.29, 1.82) is 0 Å². The van der Waals surface area contributed by atoms with Crippen molar-refractivity contribution < 1.29 is 38.3 Å². The molecule has 2 saturated heterocycles. The number of esters is 1. The van der Waals surface area contributed by atoms with Crippen LogP contribution in [-0.4, -0.2) is 46.7 Å².